The van der Waals surface area contributed by atoms with Crippen molar-refractivity contribution in [2.24, 2.45) is 11.8 Å². The third-order valence-corrected chi connectivity index (χ3v) is 5.01. The van der Waals surface area contributed by atoms with Crippen LogP contribution in [-0.4, -0.2) is 40.9 Å². The number of anilines is 1. The van der Waals surface area contributed by atoms with Gasteiger partial charge in [0.1, 0.15) is 0 Å². The maximum absolute atomic E-state index is 12.4. The van der Waals surface area contributed by atoms with Gasteiger partial charge >= 0.3 is 5.97 Å². The molecule has 0 spiro atoms. The minimum atomic E-state index is -0.814. The van der Waals surface area contributed by atoms with Crippen LogP contribution in [0.2, 0.25) is 0 Å². The zero-order valence-corrected chi connectivity index (χ0v) is 14.5. The highest BCUT2D eigenvalue weighted by Gasteiger charge is 2.31. The summed E-state index contributed by atoms with van der Waals surface area (Å²) >= 11 is 0. The Labute approximate surface area is 147 Å². The SMILES string of the molecule is CC1CC(C(=O)O)CN(C(=O)CCCc2ccc3c(c2)CC(=O)N3)C1. The van der Waals surface area contributed by atoms with Crippen LogP contribution in [0, 0.1) is 11.8 Å². The van der Waals surface area contributed by atoms with Crippen molar-refractivity contribution < 1.29 is 19.5 Å². The number of hydrogen-bond donors (Lipinski definition) is 2. The van der Waals surface area contributed by atoms with E-state index in [0.717, 1.165) is 29.7 Å². The van der Waals surface area contributed by atoms with Crippen molar-refractivity contribution in [2.75, 3.05) is 18.4 Å². The Kier molecular flexibility index (Phi) is 5.06. The lowest BCUT2D eigenvalue weighted by Gasteiger charge is -2.34. The smallest absolute Gasteiger partial charge is 0.308 e. The summed E-state index contributed by atoms with van der Waals surface area (Å²) in [5.41, 5.74) is 3.02. The summed E-state index contributed by atoms with van der Waals surface area (Å²) in [7, 11) is 0. The second-order valence-corrected chi connectivity index (χ2v) is 7.24. The Bertz CT molecular complexity index is 701. The van der Waals surface area contributed by atoms with E-state index in [-0.39, 0.29) is 17.7 Å². The van der Waals surface area contributed by atoms with Crippen molar-refractivity contribution in [1.29, 1.82) is 0 Å². The number of carbonyl (C=O) groups is 3. The van der Waals surface area contributed by atoms with Crippen molar-refractivity contribution in [2.45, 2.75) is 39.0 Å². The van der Waals surface area contributed by atoms with Crippen molar-refractivity contribution in [3.63, 3.8) is 0 Å². The molecule has 0 bridgehead atoms. The van der Waals surface area contributed by atoms with E-state index in [4.69, 9.17) is 0 Å². The third-order valence-electron chi connectivity index (χ3n) is 5.01. The van der Waals surface area contributed by atoms with E-state index in [9.17, 15) is 19.5 Å². The van der Waals surface area contributed by atoms with Crippen LogP contribution in [0.25, 0.3) is 0 Å². The molecule has 2 aliphatic heterocycles. The predicted molar refractivity (Wildman–Crippen MR) is 93.2 cm³/mol. The first-order valence-corrected chi connectivity index (χ1v) is 8.84. The second kappa shape index (κ2) is 7.25. The zero-order valence-electron chi connectivity index (χ0n) is 14.5. The fraction of sp³-hybridized carbons (Fsp3) is 0.526. The molecule has 1 aromatic rings. The molecule has 2 unspecified atom stereocenters. The Hall–Kier alpha value is -2.37. The molecule has 3 rings (SSSR count). The van der Waals surface area contributed by atoms with E-state index in [0.29, 0.717) is 32.4 Å². The molecule has 1 fully saturated rings. The molecule has 6 nitrogen and oxygen atoms in total. The van der Waals surface area contributed by atoms with Gasteiger partial charge in [0.25, 0.3) is 0 Å². The Morgan fingerprint density at radius 1 is 1.32 bits per heavy atom. The number of aryl methyl sites for hydroxylation is 1. The van der Waals surface area contributed by atoms with Crippen LogP contribution in [0.3, 0.4) is 0 Å². The van der Waals surface area contributed by atoms with Crippen LogP contribution in [-0.2, 0) is 27.2 Å². The number of carbonyl (C=O) groups excluding carboxylic acids is 2. The van der Waals surface area contributed by atoms with E-state index in [1.165, 1.54) is 0 Å². The maximum atomic E-state index is 12.4. The largest absolute Gasteiger partial charge is 0.481 e. The lowest BCUT2D eigenvalue weighted by Crippen LogP contribution is -2.45. The first kappa shape index (κ1) is 17.5. The van der Waals surface area contributed by atoms with Gasteiger partial charge in [0.15, 0.2) is 0 Å². The van der Waals surface area contributed by atoms with Crippen LogP contribution in [0.1, 0.15) is 37.3 Å². The fourth-order valence-corrected chi connectivity index (χ4v) is 3.77. The molecular weight excluding hydrogens is 320 g/mol. The summed E-state index contributed by atoms with van der Waals surface area (Å²) in [4.78, 5) is 36.7. The number of piperidine rings is 1. The predicted octanol–water partition coefficient (Wildman–Crippen LogP) is 2.07. The summed E-state index contributed by atoms with van der Waals surface area (Å²) in [6, 6.07) is 5.93. The molecule has 0 saturated carbocycles. The number of benzene rings is 1. The zero-order chi connectivity index (χ0) is 18.0. The number of fused-ring (bicyclic) bond motifs is 1. The topological polar surface area (TPSA) is 86.7 Å². The number of aliphatic carboxylic acids is 1. The van der Waals surface area contributed by atoms with Crippen molar-refractivity contribution >= 4 is 23.5 Å². The molecule has 2 atom stereocenters. The number of rotatable bonds is 5. The molecule has 2 N–H and O–H groups in total. The lowest BCUT2D eigenvalue weighted by molar-refractivity contribution is -0.147. The minimum absolute atomic E-state index is 0.0227. The van der Waals surface area contributed by atoms with Gasteiger partial charge in [-0.1, -0.05) is 19.1 Å². The minimum Gasteiger partial charge on any atom is -0.481 e. The van der Waals surface area contributed by atoms with Crippen LogP contribution in [0.4, 0.5) is 5.69 Å². The van der Waals surface area contributed by atoms with Gasteiger partial charge in [-0.15, -0.1) is 0 Å². The summed E-state index contributed by atoms with van der Waals surface area (Å²) < 4.78 is 0. The number of nitrogens with zero attached hydrogens (tertiary/aromatic N) is 1. The summed E-state index contributed by atoms with van der Waals surface area (Å²) in [5.74, 6) is -0.981. The van der Waals surface area contributed by atoms with Gasteiger partial charge < -0.3 is 15.3 Å². The Morgan fingerprint density at radius 2 is 2.12 bits per heavy atom. The highest BCUT2D eigenvalue weighted by molar-refractivity contribution is 5.99. The fourth-order valence-electron chi connectivity index (χ4n) is 3.77. The molecule has 2 aliphatic rings. The standard InChI is InChI=1S/C19H24N2O4/c1-12-7-15(19(24)25)11-21(10-12)18(23)4-2-3-13-5-6-16-14(8-13)9-17(22)20-16/h5-6,8,12,15H,2-4,7,9-11H2,1H3,(H,20,22)(H,24,25). The monoisotopic (exact) mass is 344 g/mol. The number of likely N-dealkylation sites (tertiary alicyclic amines) is 1. The maximum Gasteiger partial charge on any atom is 0.308 e. The number of amides is 2. The number of carboxylic acids is 1. The Morgan fingerprint density at radius 3 is 2.88 bits per heavy atom. The Balaban J connectivity index is 1.50. The molecule has 2 heterocycles. The van der Waals surface area contributed by atoms with Crippen molar-refractivity contribution in [3.05, 3.63) is 29.3 Å². The van der Waals surface area contributed by atoms with Gasteiger partial charge in [-0.2, -0.15) is 0 Å². The third kappa shape index (κ3) is 4.18. The van der Waals surface area contributed by atoms with Gasteiger partial charge in [0.05, 0.1) is 12.3 Å². The molecule has 1 aromatic carbocycles. The number of nitrogens with one attached hydrogen (secondary N) is 1. The van der Waals surface area contributed by atoms with Crippen LogP contribution < -0.4 is 5.32 Å². The summed E-state index contributed by atoms with van der Waals surface area (Å²) in [6.07, 6.45) is 2.99. The van der Waals surface area contributed by atoms with Gasteiger partial charge in [0, 0.05) is 25.2 Å². The average Bonchev–Trinajstić information content (AvgIpc) is 2.93. The van der Waals surface area contributed by atoms with Crippen LogP contribution >= 0.6 is 0 Å². The first-order valence-electron chi connectivity index (χ1n) is 8.84. The van der Waals surface area contributed by atoms with Crippen molar-refractivity contribution in [3.8, 4) is 0 Å². The van der Waals surface area contributed by atoms with E-state index >= 15 is 0 Å². The highest BCUT2D eigenvalue weighted by atomic mass is 16.4. The van der Waals surface area contributed by atoms with Gasteiger partial charge in [-0.05, 0) is 42.4 Å². The summed E-state index contributed by atoms with van der Waals surface area (Å²) in [6.45, 7) is 2.97. The van der Waals surface area contributed by atoms with E-state index < -0.39 is 11.9 Å². The van der Waals surface area contributed by atoms with Gasteiger partial charge in [-0.3, -0.25) is 14.4 Å². The molecule has 0 aromatic heterocycles. The quantitative estimate of drug-likeness (QED) is 0.856. The van der Waals surface area contributed by atoms with Gasteiger partial charge in [0.2, 0.25) is 11.8 Å². The summed E-state index contributed by atoms with van der Waals surface area (Å²) in [5, 5.41) is 12.0. The molecule has 6 heteroatoms. The molecule has 2 amide bonds. The molecular formula is C19H24N2O4. The molecule has 0 radical (unpaired) electrons. The second-order valence-electron chi connectivity index (χ2n) is 7.24. The lowest BCUT2D eigenvalue weighted by atomic mass is 9.90. The van der Waals surface area contributed by atoms with Gasteiger partial charge in [-0.25, -0.2) is 0 Å². The van der Waals surface area contributed by atoms with E-state index in [1.54, 1.807) is 4.90 Å². The molecule has 25 heavy (non-hydrogen) atoms. The van der Waals surface area contributed by atoms with Crippen molar-refractivity contribution in [1.82, 2.24) is 4.90 Å². The number of carboxylic acid groups (broad SMARTS) is 1. The molecule has 134 valence electrons. The number of hydrogen-bond acceptors (Lipinski definition) is 3. The highest BCUT2D eigenvalue weighted by Crippen LogP contribution is 2.25. The molecule has 0 aliphatic carbocycles. The van der Waals surface area contributed by atoms with Crippen LogP contribution in [0.15, 0.2) is 18.2 Å². The van der Waals surface area contributed by atoms with E-state index in [2.05, 4.69) is 5.32 Å². The molecule has 1 saturated heterocycles. The van der Waals surface area contributed by atoms with E-state index in [1.807, 2.05) is 25.1 Å². The van der Waals surface area contributed by atoms with Crippen LogP contribution in [0.5, 0.6) is 0 Å². The normalized spacial score (nSPS) is 22.4. The first-order chi connectivity index (χ1) is 11.9. The average molecular weight is 344 g/mol.